The quantitative estimate of drug-likeness (QED) is 0.492. The van der Waals surface area contributed by atoms with Gasteiger partial charge in [-0.2, -0.15) is 0 Å². The number of nitrogens with zero attached hydrogens (tertiary/aromatic N) is 1. The van der Waals surface area contributed by atoms with Crippen molar-refractivity contribution in [2.75, 3.05) is 7.05 Å². The van der Waals surface area contributed by atoms with E-state index in [0.29, 0.717) is 0 Å². The molecule has 1 aliphatic rings. The van der Waals surface area contributed by atoms with Gasteiger partial charge in [0.05, 0.1) is 0 Å². The van der Waals surface area contributed by atoms with Gasteiger partial charge in [0.1, 0.15) is 5.84 Å². The predicted octanol–water partition coefficient (Wildman–Crippen LogP) is 0.912. The van der Waals surface area contributed by atoms with Crippen LogP contribution in [0.5, 0.6) is 0 Å². The Morgan fingerprint density at radius 2 is 2.50 bits per heavy atom. The van der Waals surface area contributed by atoms with E-state index in [9.17, 15) is 0 Å². The summed E-state index contributed by atoms with van der Waals surface area (Å²) in [6.45, 7) is 2.09. The third-order valence-corrected chi connectivity index (χ3v) is 1.20. The standard InChI is InChI=1S/C6H10N2/c1-5-3-6(7-2)8-4-5/h4H,3H2,1-2H3,(H,7,8). The zero-order valence-corrected chi connectivity index (χ0v) is 5.23. The highest BCUT2D eigenvalue weighted by Crippen LogP contribution is 2.04. The average Bonchev–Trinajstić information content (AvgIpc) is 2.14. The van der Waals surface area contributed by atoms with Gasteiger partial charge in [-0.3, -0.25) is 4.99 Å². The van der Waals surface area contributed by atoms with Crippen LogP contribution in [0.3, 0.4) is 0 Å². The van der Waals surface area contributed by atoms with Crippen LogP contribution in [-0.2, 0) is 0 Å². The topological polar surface area (TPSA) is 24.4 Å². The van der Waals surface area contributed by atoms with E-state index in [1.165, 1.54) is 5.57 Å². The molecule has 44 valence electrons. The first-order valence-electron chi connectivity index (χ1n) is 2.71. The molecule has 0 radical (unpaired) electrons. The van der Waals surface area contributed by atoms with Gasteiger partial charge in [-0.1, -0.05) is 0 Å². The van der Waals surface area contributed by atoms with Crippen molar-refractivity contribution in [3.63, 3.8) is 0 Å². The molecule has 1 N–H and O–H groups in total. The fraction of sp³-hybridized carbons (Fsp3) is 0.500. The molecule has 1 rings (SSSR count). The van der Waals surface area contributed by atoms with Crippen molar-refractivity contribution < 1.29 is 0 Å². The monoisotopic (exact) mass is 110 g/mol. The van der Waals surface area contributed by atoms with Crippen LogP contribution in [0.25, 0.3) is 0 Å². The summed E-state index contributed by atoms with van der Waals surface area (Å²) < 4.78 is 0. The zero-order valence-electron chi connectivity index (χ0n) is 5.23. The lowest BCUT2D eigenvalue weighted by atomic mass is 10.3. The first-order chi connectivity index (χ1) is 3.83. The molecule has 2 nitrogen and oxygen atoms in total. The van der Waals surface area contributed by atoms with Crippen molar-refractivity contribution in [2.45, 2.75) is 13.3 Å². The summed E-state index contributed by atoms with van der Waals surface area (Å²) in [7, 11) is 1.80. The molecule has 0 bridgehead atoms. The minimum Gasteiger partial charge on any atom is -0.350 e. The van der Waals surface area contributed by atoms with E-state index in [1.807, 2.05) is 6.20 Å². The van der Waals surface area contributed by atoms with E-state index in [2.05, 4.69) is 17.2 Å². The normalized spacial score (nSPS) is 23.2. The van der Waals surface area contributed by atoms with Crippen molar-refractivity contribution in [1.82, 2.24) is 5.32 Å². The number of hydrogen-bond acceptors (Lipinski definition) is 1. The number of rotatable bonds is 0. The summed E-state index contributed by atoms with van der Waals surface area (Å²) >= 11 is 0. The molecule has 0 amide bonds. The van der Waals surface area contributed by atoms with E-state index in [0.717, 1.165) is 12.3 Å². The zero-order chi connectivity index (χ0) is 5.98. The second-order valence-corrected chi connectivity index (χ2v) is 1.98. The lowest BCUT2D eigenvalue weighted by Crippen LogP contribution is -2.09. The minimum absolute atomic E-state index is 0.997. The molecule has 0 aromatic carbocycles. The molecule has 0 spiro atoms. The Labute approximate surface area is 49.3 Å². The molecule has 0 saturated carbocycles. The molecule has 0 aromatic heterocycles. The van der Waals surface area contributed by atoms with Gasteiger partial charge < -0.3 is 5.32 Å². The van der Waals surface area contributed by atoms with Gasteiger partial charge in [0, 0.05) is 19.7 Å². The third kappa shape index (κ3) is 0.886. The number of hydrogen-bond donors (Lipinski definition) is 1. The Bertz CT molecular complexity index is 145. The van der Waals surface area contributed by atoms with Crippen LogP contribution in [0.4, 0.5) is 0 Å². The van der Waals surface area contributed by atoms with Crippen LogP contribution in [-0.4, -0.2) is 12.9 Å². The highest BCUT2D eigenvalue weighted by molar-refractivity contribution is 5.87. The number of nitrogens with one attached hydrogen (secondary N) is 1. The summed E-state index contributed by atoms with van der Waals surface area (Å²) in [6, 6.07) is 0. The number of aliphatic imine (C=N–C) groups is 1. The Hall–Kier alpha value is -0.790. The van der Waals surface area contributed by atoms with Crippen LogP contribution in [0.2, 0.25) is 0 Å². The van der Waals surface area contributed by atoms with Crippen molar-refractivity contribution in [2.24, 2.45) is 4.99 Å². The van der Waals surface area contributed by atoms with E-state index in [1.54, 1.807) is 7.05 Å². The smallest absolute Gasteiger partial charge is 0.104 e. The fourth-order valence-electron chi connectivity index (χ4n) is 0.716. The Balaban J connectivity index is 2.56. The van der Waals surface area contributed by atoms with Crippen LogP contribution in [0.15, 0.2) is 16.8 Å². The Morgan fingerprint density at radius 3 is 2.75 bits per heavy atom. The SMILES string of the molecule is CN=C1CC(C)=CN1. The lowest BCUT2D eigenvalue weighted by Gasteiger charge is -1.90. The molecule has 2 heteroatoms. The minimum atomic E-state index is 0.997. The van der Waals surface area contributed by atoms with E-state index >= 15 is 0 Å². The molecule has 8 heavy (non-hydrogen) atoms. The second-order valence-electron chi connectivity index (χ2n) is 1.98. The second kappa shape index (κ2) is 1.99. The summed E-state index contributed by atoms with van der Waals surface area (Å²) in [4.78, 5) is 3.99. The molecule has 0 atom stereocenters. The van der Waals surface area contributed by atoms with Crippen LogP contribution < -0.4 is 5.32 Å². The molecular weight excluding hydrogens is 100 g/mol. The Morgan fingerprint density at radius 1 is 1.75 bits per heavy atom. The maximum atomic E-state index is 3.99. The maximum Gasteiger partial charge on any atom is 0.104 e. The third-order valence-electron chi connectivity index (χ3n) is 1.20. The average molecular weight is 110 g/mol. The first kappa shape index (κ1) is 5.35. The van der Waals surface area contributed by atoms with Crippen LogP contribution in [0.1, 0.15) is 13.3 Å². The van der Waals surface area contributed by atoms with E-state index in [-0.39, 0.29) is 0 Å². The van der Waals surface area contributed by atoms with Gasteiger partial charge in [0.2, 0.25) is 0 Å². The molecular formula is C6H10N2. The van der Waals surface area contributed by atoms with Gasteiger partial charge in [-0.25, -0.2) is 0 Å². The number of amidine groups is 1. The lowest BCUT2D eigenvalue weighted by molar-refractivity contribution is 1.23. The summed E-state index contributed by atoms with van der Waals surface area (Å²) in [5.41, 5.74) is 1.35. The van der Waals surface area contributed by atoms with Gasteiger partial charge >= 0.3 is 0 Å². The van der Waals surface area contributed by atoms with Gasteiger partial charge in [0.25, 0.3) is 0 Å². The summed E-state index contributed by atoms with van der Waals surface area (Å²) in [6.07, 6.45) is 2.98. The largest absolute Gasteiger partial charge is 0.350 e. The van der Waals surface area contributed by atoms with Crippen molar-refractivity contribution >= 4 is 5.84 Å². The van der Waals surface area contributed by atoms with E-state index in [4.69, 9.17) is 0 Å². The first-order valence-corrected chi connectivity index (χ1v) is 2.71. The molecule has 1 heterocycles. The molecule has 0 aromatic rings. The highest BCUT2D eigenvalue weighted by Gasteiger charge is 2.03. The van der Waals surface area contributed by atoms with E-state index < -0.39 is 0 Å². The van der Waals surface area contributed by atoms with Crippen LogP contribution >= 0.6 is 0 Å². The van der Waals surface area contributed by atoms with Gasteiger partial charge in [-0.15, -0.1) is 0 Å². The van der Waals surface area contributed by atoms with Crippen molar-refractivity contribution in [3.05, 3.63) is 11.8 Å². The van der Waals surface area contributed by atoms with Gasteiger partial charge in [0.15, 0.2) is 0 Å². The summed E-state index contributed by atoms with van der Waals surface area (Å²) in [5, 5.41) is 3.04. The van der Waals surface area contributed by atoms with Gasteiger partial charge in [-0.05, 0) is 12.5 Å². The molecule has 0 saturated heterocycles. The molecule has 0 fully saturated rings. The van der Waals surface area contributed by atoms with Crippen molar-refractivity contribution in [3.8, 4) is 0 Å². The maximum absolute atomic E-state index is 3.99. The van der Waals surface area contributed by atoms with Crippen LogP contribution in [0, 0.1) is 0 Å². The molecule has 0 unspecified atom stereocenters. The Kier molecular flexibility index (Phi) is 1.33. The predicted molar refractivity (Wildman–Crippen MR) is 34.9 cm³/mol. The fourth-order valence-corrected chi connectivity index (χ4v) is 0.716. The summed E-state index contributed by atoms with van der Waals surface area (Å²) in [5.74, 6) is 1.07. The molecule has 0 aliphatic carbocycles. The molecule has 1 aliphatic heterocycles. The highest BCUT2D eigenvalue weighted by atomic mass is 15.0. The van der Waals surface area contributed by atoms with Crippen molar-refractivity contribution in [1.29, 1.82) is 0 Å².